The van der Waals surface area contributed by atoms with Gasteiger partial charge in [-0.15, -0.1) is 23.1 Å². The first-order valence-electron chi connectivity index (χ1n) is 13.0. The molecule has 2 amide bonds. The third kappa shape index (κ3) is 9.12. The maximum Gasteiger partial charge on any atom is 0.429 e. The second kappa shape index (κ2) is 15.3. The third-order valence-corrected chi connectivity index (χ3v) is 10.5. The lowest BCUT2D eigenvalue weighted by Gasteiger charge is -2.49. The molecule has 2 aliphatic rings. The van der Waals surface area contributed by atoms with Crippen LogP contribution in [0.4, 0.5) is 5.13 Å². The summed E-state index contributed by atoms with van der Waals surface area (Å²) in [5.74, 6) is -3.92. The van der Waals surface area contributed by atoms with E-state index in [2.05, 4.69) is 24.8 Å². The maximum atomic E-state index is 13.2. The van der Waals surface area contributed by atoms with Crippen LogP contribution in [0, 0.1) is 0 Å². The fraction of sp³-hybridized carbons (Fsp3) is 0.292. The number of aryl methyl sites for hydroxylation is 1. The van der Waals surface area contributed by atoms with Gasteiger partial charge in [-0.3, -0.25) is 19.6 Å². The molecule has 1 fully saturated rings. The van der Waals surface area contributed by atoms with Crippen LogP contribution in [0.2, 0.25) is 0 Å². The number of hydrogen-bond donors (Lipinski definition) is 5. The standard InChI is InChI=1S/C22H21N8O8PS4.C2H4O2/c1-3-38-26-13(16-25-21(43-28-16)27-39(35,36)37)17(31)24-14-18(32)30-15(20(33)34)12(9-40-19(14)30)42-22-23-11(8-41-22)10-4-6-29(2)7-5-10;1-2(3)4/h4-8,14,19H,3,9H2,1-2H3,(H4-,24,25,27,28,31,33,34,35,36,37);1H3,(H,3,4)/t14-,19-;/m1./s1. The monoisotopic (exact) mass is 744 g/mol. The number of amides is 2. The van der Waals surface area contributed by atoms with Crippen molar-refractivity contribution in [1.82, 2.24) is 24.6 Å². The summed E-state index contributed by atoms with van der Waals surface area (Å²) in [5.41, 5.74) is 1.06. The lowest BCUT2D eigenvalue weighted by atomic mass is 10.0. The number of aliphatic carboxylic acids is 2. The van der Waals surface area contributed by atoms with Gasteiger partial charge in [0.1, 0.15) is 30.8 Å². The van der Waals surface area contributed by atoms with Crippen LogP contribution in [0.15, 0.2) is 50.0 Å². The van der Waals surface area contributed by atoms with E-state index in [9.17, 15) is 24.1 Å². The molecule has 47 heavy (non-hydrogen) atoms. The Morgan fingerprint density at radius 3 is 2.57 bits per heavy atom. The highest BCUT2D eigenvalue weighted by molar-refractivity contribution is 8.07. The molecule has 0 spiro atoms. The molecular formula is C24H25N8O10PS4. The van der Waals surface area contributed by atoms with Gasteiger partial charge in [0.05, 0.1) is 5.69 Å². The van der Waals surface area contributed by atoms with Gasteiger partial charge in [-0.25, -0.2) is 18.9 Å². The highest BCUT2D eigenvalue weighted by Gasteiger charge is 2.54. The summed E-state index contributed by atoms with van der Waals surface area (Å²) < 4.78 is 17.6. The average Bonchev–Trinajstić information content (AvgIpc) is 3.64. The predicted octanol–water partition coefficient (Wildman–Crippen LogP) is -0.0241. The van der Waals surface area contributed by atoms with E-state index in [-0.39, 0.29) is 29.0 Å². The van der Waals surface area contributed by atoms with Gasteiger partial charge in [0, 0.05) is 51.2 Å². The van der Waals surface area contributed by atoms with Gasteiger partial charge in [-0.05, 0) is 13.8 Å². The molecule has 0 bridgehead atoms. The van der Waals surface area contributed by atoms with E-state index in [0.717, 1.165) is 23.1 Å². The van der Waals surface area contributed by atoms with E-state index >= 15 is 0 Å². The lowest BCUT2D eigenvalue weighted by molar-refractivity contribution is -0.671. The normalized spacial score (nSPS) is 17.6. The fourth-order valence-electron chi connectivity index (χ4n) is 3.90. The number of rotatable bonds is 11. The van der Waals surface area contributed by atoms with E-state index in [0.29, 0.717) is 20.8 Å². The molecule has 3 aromatic rings. The van der Waals surface area contributed by atoms with Crippen molar-refractivity contribution < 1.29 is 53.1 Å². The number of anilines is 1. The number of aromatic nitrogens is 4. The minimum absolute atomic E-state index is 0.0843. The van der Waals surface area contributed by atoms with E-state index in [1.165, 1.54) is 34.9 Å². The summed E-state index contributed by atoms with van der Waals surface area (Å²) in [6.45, 7) is 2.67. The van der Waals surface area contributed by atoms with Crippen molar-refractivity contribution in [1.29, 1.82) is 0 Å². The van der Waals surface area contributed by atoms with Gasteiger partial charge in [0.2, 0.25) is 16.7 Å². The number of carboxylic acid groups (broad SMARTS) is 2. The summed E-state index contributed by atoms with van der Waals surface area (Å²) in [5, 5.41) is 27.9. The Labute approximate surface area is 282 Å². The first-order valence-corrected chi connectivity index (χ1v) is 18.2. The molecule has 2 aliphatic heterocycles. The van der Waals surface area contributed by atoms with Crippen LogP contribution in [0.1, 0.15) is 19.7 Å². The summed E-state index contributed by atoms with van der Waals surface area (Å²) in [6.07, 6.45) is 3.80. The van der Waals surface area contributed by atoms with E-state index in [1.54, 1.807) is 6.92 Å². The highest BCUT2D eigenvalue weighted by atomic mass is 32.2. The smallest absolute Gasteiger partial charge is 0.429 e. The van der Waals surface area contributed by atoms with Crippen LogP contribution < -0.4 is 20.1 Å². The summed E-state index contributed by atoms with van der Waals surface area (Å²) in [7, 11) is -2.77. The number of nitrogens with zero attached hydrogens (tertiary/aromatic N) is 6. The Morgan fingerprint density at radius 1 is 1.28 bits per heavy atom. The van der Waals surface area contributed by atoms with E-state index < -0.39 is 48.6 Å². The Morgan fingerprint density at radius 2 is 1.96 bits per heavy atom. The minimum Gasteiger partial charge on any atom is -0.550 e. The molecule has 0 aliphatic carbocycles. The topological polar surface area (TPSA) is 261 Å². The number of oxime groups is 1. The molecule has 2 atom stereocenters. The van der Waals surface area contributed by atoms with Gasteiger partial charge in [0.25, 0.3) is 11.8 Å². The van der Waals surface area contributed by atoms with E-state index in [4.69, 9.17) is 24.5 Å². The zero-order valence-electron chi connectivity index (χ0n) is 24.4. The van der Waals surface area contributed by atoms with Crippen LogP contribution in [0.3, 0.4) is 0 Å². The molecule has 3 aromatic heterocycles. The van der Waals surface area contributed by atoms with Crippen molar-refractivity contribution in [3.05, 3.63) is 46.3 Å². The largest absolute Gasteiger partial charge is 0.550 e. The fourth-order valence-corrected chi connectivity index (χ4v) is 8.60. The number of fused-ring (bicyclic) bond motifs is 1. The van der Waals surface area contributed by atoms with Crippen molar-refractivity contribution in [3.8, 4) is 11.3 Å². The molecule has 1 saturated heterocycles. The highest BCUT2D eigenvalue weighted by Crippen LogP contribution is 2.46. The van der Waals surface area contributed by atoms with Gasteiger partial charge < -0.3 is 34.9 Å². The molecule has 5 N–H and O–H groups in total. The van der Waals surface area contributed by atoms with Crippen molar-refractivity contribution >= 4 is 88.7 Å². The lowest BCUT2D eigenvalue weighted by Crippen LogP contribution is -2.71. The Balaban J connectivity index is 0.00000118. The summed E-state index contributed by atoms with van der Waals surface area (Å²) in [6, 6.07) is 2.77. The van der Waals surface area contributed by atoms with Gasteiger partial charge in [-0.2, -0.15) is 9.36 Å². The molecule has 250 valence electrons. The van der Waals surface area contributed by atoms with E-state index in [1.807, 2.05) is 46.6 Å². The molecule has 23 heteroatoms. The average molecular weight is 745 g/mol. The second-order valence-corrected chi connectivity index (χ2v) is 14.6. The third-order valence-electron chi connectivity index (χ3n) is 5.77. The molecule has 0 unspecified atom stereocenters. The Bertz CT molecular complexity index is 1790. The number of hydrogen-bond acceptors (Lipinski definition) is 15. The first-order chi connectivity index (χ1) is 22.2. The van der Waals surface area contributed by atoms with Gasteiger partial charge >= 0.3 is 13.7 Å². The number of carbonyl (C=O) groups is 4. The molecule has 5 heterocycles. The number of pyridine rings is 1. The molecule has 18 nitrogen and oxygen atoms in total. The number of β-lactam (4-membered cyclic amide) rings is 1. The van der Waals surface area contributed by atoms with Crippen molar-refractivity contribution in [2.45, 2.75) is 29.6 Å². The molecule has 0 saturated carbocycles. The first kappa shape index (κ1) is 35.9. The maximum absolute atomic E-state index is 13.2. The van der Waals surface area contributed by atoms with Crippen LogP contribution in [0.5, 0.6) is 0 Å². The van der Waals surface area contributed by atoms with Gasteiger partial charge in [-0.1, -0.05) is 16.9 Å². The summed E-state index contributed by atoms with van der Waals surface area (Å²) >= 11 is 4.40. The quantitative estimate of drug-likeness (QED) is 0.0568. The molecular weight excluding hydrogens is 720 g/mol. The number of nitrogens with one attached hydrogen (secondary N) is 2. The Hall–Kier alpha value is -3.92. The number of carbonyl (C=O) groups excluding carboxylic acids is 3. The van der Waals surface area contributed by atoms with Crippen molar-refractivity contribution in [2.75, 3.05) is 17.4 Å². The van der Waals surface area contributed by atoms with Gasteiger partial charge in [0.15, 0.2) is 16.7 Å². The summed E-state index contributed by atoms with van der Waals surface area (Å²) in [4.78, 5) is 80.7. The number of thiazole rings is 1. The van der Waals surface area contributed by atoms with Crippen LogP contribution in [-0.2, 0) is 35.6 Å². The predicted molar refractivity (Wildman–Crippen MR) is 169 cm³/mol. The minimum atomic E-state index is -4.67. The zero-order valence-corrected chi connectivity index (χ0v) is 28.6. The van der Waals surface area contributed by atoms with Crippen molar-refractivity contribution in [3.63, 3.8) is 0 Å². The van der Waals surface area contributed by atoms with Crippen LogP contribution >= 0.6 is 54.1 Å². The van der Waals surface area contributed by atoms with Crippen molar-refractivity contribution in [2.24, 2.45) is 12.2 Å². The second-order valence-electron chi connectivity index (χ2n) is 9.22. The Kier molecular flexibility index (Phi) is 11.7. The molecule has 0 aromatic carbocycles. The number of carboxylic acids is 2. The zero-order chi connectivity index (χ0) is 34.5. The number of thioether (sulfide) groups is 2. The van der Waals surface area contributed by atoms with Crippen LogP contribution in [-0.4, -0.2) is 87.4 Å². The SMILES string of the molecule is CC(=O)[O-].CCON=C(C(=O)N[C@@H]1C(=O)N2C(C(=O)O)=C(Sc3nc(-c4cc[n+](C)cc4)cs3)CS[C@H]12)c1nsc(NP(=O)(O)O)n1. The van der Waals surface area contributed by atoms with Crippen LogP contribution in [0.25, 0.3) is 11.3 Å². The molecule has 0 radical (unpaired) electrons. The molecule has 5 rings (SSSR count).